The third-order valence-corrected chi connectivity index (χ3v) is 6.29. The van der Waals surface area contributed by atoms with Gasteiger partial charge in [-0.15, -0.1) is 0 Å². The van der Waals surface area contributed by atoms with Crippen molar-refractivity contribution in [3.05, 3.63) is 68.7 Å². The Morgan fingerprint density at radius 1 is 1.03 bits per heavy atom. The van der Waals surface area contributed by atoms with E-state index in [1.165, 1.54) is 17.3 Å². The molecule has 6 nitrogen and oxygen atoms in total. The fraction of sp³-hybridized carbons (Fsp3) is 0.208. The zero-order chi connectivity index (χ0) is 21.7. The predicted molar refractivity (Wildman–Crippen MR) is 121 cm³/mol. The number of carbonyl (C=O) groups excluding carboxylic acids is 2. The van der Waals surface area contributed by atoms with Crippen molar-refractivity contribution in [1.29, 1.82) is 0 Å². The molecule has 0 saturated heterocycles. The highest BCUT2D eigenvalue weighted by Gasteiger charge is 2.35. The molecular weight excluding hydrogens is 460 g/mol. The van der Waals surface area contributed by atoms with Crippen molar-refractivity contribution in [2.45, 2.75) is 19.8 Å². The topological polar surface area (TPSA) is 68.2 Å². The molecule has 0 N–H and O–H groups in total. The number of benzene rings is 3. The highest BCUT2D eigenvalue weighted by molar-refractivity contribution is 9.10. The molecule has 156 valence electrons. The second kappa shape index (κ2) is 7.50. The van der Waals surface area contributed by atoms with Gasteiger partial charge in [-0.25, -0.2) is 0 Å². The van der Waals surface area contributed by atoms with Gasteiger partial charge in [-0.2, -0.15) is 10.1 Å². The van der Waals surface area contributed by atoms with Gasteiger partial charge in [0.1, 0.15) is 0 Å². The summed E-state index contributed by atoms with van der Waals surface area (Å²) in [5, 5.41) is 7.00. The highest BCUT2D eigenvalue weighted by atomic mass is 79.9. The average Bonchev–Trinajstić information content (AvgIpc) is 3.20. The van der Waals surface area contributed by atoms with Gasteiger partial charge in [0, 0.05) is 5.39 Å². The Balaban J connectivity index is 1.54. The van der Waals surface area contributed by atoms with Crippen molar-refractivity contribution in [2.75, 3.05) is 13.7 Å². The summed E-state index contributed by atoms with van der Waals surface area (Å²) in [4.78, 5) is 26.3. The molecule has 2 amide bonds. The SMILES string of the molecule is CCOc1c(Br)cc(/C=N\N2C(=O)c3ccc4c5c(ccc(c35)C2=O)CC4)cc1OC. The first kappa shape index (κ1) is 19.8. The summed E-state index contributed by atoms with van der Waals surface area (Å²) in [6, 6.07) is 11.1. The molecule has 1 aliphatic heterocycles. The van der Waals surface area contributed by atoms with Gasteiger partial charge >= 0.3 is 0 Å². The Morgan fingerprint density at radius 2 is 1.68 bits per heavy atom. The summed E-state index contributed by atoms with van der Waals surface area (Å²) < 4.78 is 11.7. The fourth-order valence-corrected chi connectivity index (χ4v) is 4.91. The highest BCUT2D eigenvalue weighted by Crippen LogP contribution is 2.39. The van der Waals surface area contributed by atoms with Crippen molar-refractivity contribution in [3.63, 3.8) is 0 Å². The van der Waals surface area contributed by atoms with Gasteiger partial charge in [-0.3, -0.25) is 9.59 Å². The van der Waals surface area contributed by atoms with Crippen LogP contribution in [0.15, 0.2) is 46.0 Å². The molecular formula is C24H19BrN2O4. The Bertz CT molecular complexity index is 1240. The number of hydrogen-bond acceptors (Lipinski definition) is 5. The summed E-state index contributed by atoms with van der Waals surface area (Å²) in [6.07, 6.45) is 3.35. The monoisotopic (exact) mass is 478 g/mol. The lowest BCUT2D eigenvalue weighted by molar-refractivity contribution is 0.0616. The summed E-state index contributed by atoms with van der Waals surface area (Å²) in [5.41, 5.74) is 4.07. The quantitative estimate of drug-likeness (QED) is 0.392. The maximum atomic E-state index is 13.1. The first-order valence-electron chi connectivity index (χ1n) is 10.0. The molecule has 7 heteroatoms. The Kier molecular flexibility index (Phi) is 4.78. The zero-order valence-corrected chi connectivity index (χ0v) is 18.7. The van der Waals surface area contributed by atoms with Crippen LogP contribution in [0.4, 0.5) is 0 Å². The standard InChI is InChI=1S/C24H19BrN2O4/c1-3-31-22-18(25)10-13(11-19(22)30-2)12-26-27-23(28)16-8-6-14-4-5-15-7-9-17(24(27)29)21(16)20(14)15/h6-12H,3-5H2,1-2H3/b26-12-. The molecule has 0 spiro atoms. The zero-order valence-electron chi connectivity index (χ0n) is 17.1. The van der Waals surface area contributed by atoms with E-state index in [1.54, 1.807) is 19.2 Å². The van der Waals surface area contributed by atoms with Crippen LogP contribution in [0.2, 0.25) is 0 Å². The maximum absolute atomic E-state index is 13.1. The van der Waals surface area contributed by atoms with Crippen molar-refractivity contribution in [3.8, 4) is 11.5 Å². The normalized spacial score (nSPS) is 14.7. The molecule has 0 bridgehead atoms. The number of carbonyl (C=O) groups is 2. The van der Waals surface area contributed by atoms with Crippen molar-refractivity contribution in [1.82, 2.24) is 5.01 Å². The van der Waals surface area contributed by atoms with E-state index in [1.807, 2.05) is 31.2 Å². The van der Waals surface area contributed by atoms with Crippen molar-refractivity contribution < 1.29 is 19.1 Å². The van der Waals surface area contributed by atoms with Crippen LogP contribution in [0.1, 0.15) is 44.3 Å². The van der Waals surface area contributed by atoms with Crippen molar-refractivity contribution in [2.24, 2.45) is 5.10 Å². The number of methoxy groups -OCH3 is 1. The second-order valence-corrected chi connectivity index (χ2v) is 8.28. The van der Waals surface area contributed by atoms with E-state index in [2.05, 4.69) is 21.0 Å². The molecule has 1 heterocycles. The van der Waals surface area contributed by atoms with E-state index in [0.717, 1.165) is 28.6 Å². The first-order chi connectivity index (χ1) is 15.0. The minimum absolute atomic E-state index is 0.415. The van der Waals surface area contributed by atoms with Crippen LogP contribution in [0.25, 0.3) is 10.8 Å². The van der Waals surface area contributed by atoms with Crippen LogP contribution in [0, 0.1) is 0 Å². The summed E-state index contributed by atoms with van der Waals surface area (Å²) >= 11 is 3.48. The van der Waals surface area contributed by atoms with E-state index in [4.69, 9.17) is 9.47 Å². The summed E-state index contributed by atoms with van der Waals surface area (Å²) in [6.45, 7) is 2.38. The molecule has 3 aromatic carbocycles. The smallest absolute Gasteiger partial charge is 0.282 e. The van der Waals surface area contributed by atoms with Gasteiger partial charge in [0.05, 0.1) is 35.5 Å². The third-order valence-electron chi connectivity index (χ3n) is 5.71. The lowest BCUT2D eigenvalue weighted by Crippen LogP contribution is -2.36. The molecule has 0 fully saturated rings. The van der Waals surface area contributed by atoms with Crippen LogP contribution in [0.5, 0.6) is 11.5 Å². The number of rotatable bonds is 5. The lowest BCUT2D eigenvalue weighted by Gasteiger charge is -2.23. The van der Waals surface area contributed by atoms with Gasteiger partial charge in [0.15, 0.2) is 11.5 Å². The van der Waals surface area contributed by atoms with Gasteiger partial charge in [0.25, 0.3) is 11.8 Å². The lowest BCUT2D eigenvalue weighted by atomic mass is 9.92. The number of halogens is 1. The number of aryl methyl sites for hydroxylation is 2. The molecule has 0 atom stereocenters. The van der Waals surface area contributed by atoms with E-state index < -0.39 is 11.8 Å². The predicted octanol–water partition coefficient (Wildman–Crippen LogP) is 4.74. The molecule has 3 aromatic rings. The fourth-order valence-electron chi connectivity index (χ4n) is 4.33. The largest absolute Gasteiger partial charge is 0.493 e. The molecule has 1 aliphatic carbocycles. The number of imide groups is 1. The number of hydrazone groups is 1. The number of ether oxygens (including phenoxy) is 2. The van der Waals surface area contributed by atoms with Gasteiger partial charge < -0.3 is 9.47 Å². The molecule has 0 saturated carbocycles. The minimum atomic E-state index is -0.415. The van der Waals surface area contributed by atoms with Crippen LogP contribution in [0.3, 0.4) is 0 Å². The van der Waals surface area contributed by atoms with E-state index in [-0.39, 0.29) is 0 Å². The van der Waals surface area contributed by atoms with Crippen LogP contribution < -0.4 is 9.47 Å². The summed E-state index contributed by atoms with van der Waals surface area (Å²) in [7, 11) is 1.55. The number of nitrogens with zero attached hydrogens (tertiary/aromatic N) is 2. The molecule has 0 aromatic heterocycles. The van der Waals surface area contributed by atoms with Gasteiger partial charge in [0.2, 0.25) is 0 Å². The van der Waals surface area contributed by atoms with E-state index >= 15 is 0 Å². The van der Waals surface area contributed by atoms with Gasteiger partial charge in [-0.1, -0.05) is 12.1 Å². The minimum Gasteiger partial charge on any atom is -0.493 e. The molecule has 5 rings (SSSR count). The number of hydrogen-bond donors (Lipinski definition) is 0. The maximum Gasteiger partial charge on any atom is 0.282 e. The van der Waals surface area contributed by atoms with E-state index in [9.17, 15) is 9.59 Å². The van der Waals surface area contributed by atoms with Crippen LogP contribution in [-0.2, 0) is 12.8 Å². The first-order valence-corrected chi connectivity index (χ1v) is 10.8. The third kappa shape index (κ3) is 3.03. The molecule has 0 radical (unpaired) electrons. The number of amides is 2. The average molecular weight is 479 g/mol. The Morgan fingerprint density at radius 3 is 2.26 bits per heavy atom. The van der Waals surface area contributed by atoms with Gasteiger partial charge in [-0.05, 0) is 82.0 Å². The van der Waals surface area contributed by atoms with Crippen molar-refractivity contribution >= 4 is 44.7 Å². The molecule has 31 heavy (non-hydrogen) atoms. The van der Waals surface area contributed by atoms with Crippen LogP contribution >= 0.6 is 15.9 Å². The Hall–Kier alpha value is -3.19. The molecule has 0 unspecified atom stereocenters. The Labute approximate surface area is 187 Å². The molecule has 2 aliphatic rings. The van der Waals surface area contributed by atoms with Crippen LogP contribution in [-0.4, -0.2) is 36.8 Å². The summed E-state index contributed by atoms with van der Waals surface area (Å²) in [5.74, 6) is 0.287. The van der Waals surface area contributed by atoms with E-state index in [0.29, 0.717) is 39.3 Å². The second-order valence-electron chi connectivity index (χ2n) is 7.43.